The van der Waals surface area contributed by atoms with E-state index in [1.807, 2.05) is 32.3 Å². The van der Waals surface area contributed by atoms with Crippen molar-refractivity contribution in [3.05, 3.63) is 76.5 Å². The summed E-state index contributed by atoms with van der Waals surface area (Å²) >= 11 is 6.74. The number of carbonyl (C=O) groups excluding carboxylic acids is 1. The van der Waals surface area contributed by atoms with E-state index in [1.165, 1.54) is 4.90 Å². The van der Waals surface area contributed by atoms with Crippen molar-refractivity contribution in [3.8, 4) is 6.01 Å². The number of nitrogens with zero attached hydrogens (tertiary/aromatic N) is 7. The summed E-state index contributed by atoms with van der Waals surface area (Å²) in [6.45, 7) is 16.9. The van der Waals surface area contributed by atoms with Gasteiger partial charge in [0.15, 0.2) is 5.83 Å². The minimum atomic E-state index is -1.02. The van der Waals surface area contributed by atoms with Crippen LogP contribution in [0.3, 0.4) is 0 Å². The molecule has 1 aromatic heterocycles. The Morgan fingerprint density at radius 1 is 1.24 bits per heavy atom. The molecule has 12 heteroatoms. The molecule has 2 atom stereocenters. The fraction of sp³-hybridized carbons (Fsp3) is 0.471. The highest BCUT2D eigenvalue weighted by Crippen LogP contribution is 2.39. The summed E-state index contributed by atoms with van der Waals surface area (Å²) in [6, 6.07) is 12.0. The van der Waals surface area contributed by atoms with E-state index in [0.717, 1.165) is 40.1 Å². The van der Waals surface area contributed by atoms with Gasteiger partial charge >= 0.3 is 6.01 Å². The van der Waals surface area contributed by atoms with E-state index in [4.69, 9.17) is 37.6 Å². The number of benzene rings is 2. The first-order valence-electron chi connectivity index (χ1n) is 15.5. The average Bonchev–Trinajstić information content (AvgIpc) is 3.01. The van der Waals surface area contributed by atoms with E-state index in [2.05, 4.69) is 51.2 Å². The highest BCUT2D eigenvalue weighted by molar-refractivity contribution is 6.36. The Hall–Kier alpha value is -3.98. The first-order valence-corrected chi connectivity index (χ1v) is 15.9. The normalized spacial score (nSPS) is 20.7. The zero-order valence-electron chi connectivity index (χ0n) is 26.5. The number of hydrogen-bond donors (Lipinski definition) is 0. The molecule has 0 aliphatic carbocycles. The smallest absolute Gasteiger partial charge is 0.318 e. The number of carbonyl (C=O) groups is 1. The molecule has 242 valence electrons. The van der Waals surface area contributed by atoms with Crippen molar-refractivity contribution < 1.29 is 18.7 Å². The Morgan fingerprint density at radius 3 is 2.67 bits per heavy atom. The van der Waals surface area contributed by atoms with Crippen molar-refractivity contribution in [2.45, 2.75) is 32.0 Å². The van der Waals surface area contributed by atoms with Crippen LogP contribution >= 0.6 is 11.6 Å². The van der Waals surface area contributed by atoms with Gasteiger partial charge in [-0.05, 0) is 45.0 Å². The van der Waals surface area contributed by atoms with Gasteiger partial charge in [0.2, 0.25) is 6.54 Å². The van der Waals surface area contributed by atoms with Gasteiger partial charge in [-0.3, -0.25) is 4.79 Å². The summed E-state index contributed by atoms with van der Waals surface area (Å²) in [7, 11) is 4.07. The maximum Gasteiger partial charge on any atom is 0.318 e. The van der Waals surface area contributed by atoms with Crippen molar-refractivity contribution >= 4 is 39.8 Å². The third-order valence-corrected chi connectivity index (χ3v) is 9.41. The van der Waals surface area contributed by atoms with Crippen LogP contribution in [0, 0.1) is 12.0 Å². The lowest BCUT2D eigenvalue weighted by atomic mass is 9.86. The topological polar surface area (TPSA) is 78.6 Å². The van der Waals surface area contributed by atoms with Crippen LogP contribution in [-0.4, -0.2) is 104 Å². The van der Waals surface area contributed by atoms with E-state index in [9.17, 15) is 9.18 Å². The molecular formula is C34H39ClFN7O3. The van der Waals surface area contributed by atoms with Crippen molar-refractivity contribution in [2.24, 2.45) is 5.41 Å². The summed E-state index contributed by atoms with van der Waals surface area (Å²) < 4.78 is 25.8. The van der Waals surface area contributed by atoms with Crippen LogP contribution in [0.4, 0.5) is 15.9 Å². The molecule has 3 aliphatic rings. The zero-order chi connectivity index (χ0) is 32.6. The van der Waals surface area contributed by atoms with Crippen LogP contribution in [0.15, 0.2) is 48.8 Å². The molecule has 1 amide bonds. The van der Waals surface area contributed by atoms with Gasteiger partial charge < -0.3 is 33.9 Å². The Balaban J connectivity index is 1.37. The molecule has 2 fully saturated rings. The predicted molar refractivity (Wildman–Crippen MR) is 177 cm³/mol. The van der Waals surface area contributed by atoms with Crippen LogP contribution in [0.1, 0.15) is 18.2 Å². The van der Waals surface area contributed by atoms with Crippen LogP contribution in [0.5, 0.6) is 6.01 Å². The van der Waals surface area contributed by atoms with Crippen LogP contribution in [0.2, 0.25) is 5.02 Å². The van der Waals surface area contributed by atoms with Gasteiger partial charge in [0.1, 0.15) is 18.5 Å². The summed E-state index contributed by atoms with van der Waals surface area (Å²) in [5.41, 5.74) is 2.75. The van der Waals surface area contributed by atoms with Crippen molar-refractivity contribution in [3.63, 3.8) is 0 Å². The summed E-state index contributed by atoms with van der Waals surface area (Å²) in [5, 5.41) is 2.76. The lowest BCUT2D eigenvalue weighted by Gasteiger charge is -2.43. The number of fused-ring (bicyclic) bond motifs is 2. The molecule has 2 saturated heterocycles. The third kappa shape index (κ3) is 6.21. The largest absolute Gasteiger partial charge is 0.463 e. The molecular weight excluding hydrogens is 609 g/mol. The van der Waals surface area contributed by atoms with Gasteiger partial charge in [0.25, 0.3) is 5.91 Å². The Kier molecular flexibility index (Phi) is 9.06. The van der Waals surface area contributed by atoms with Gasteiger partial charge in [-0.2, -0.15) is 9.97 Å². The molecule has 0 saturated carbocycles. The second-order valence-electron chi connectivity index (χ2n) is 12.9. The van der Waals surface area contributed by atoms with Crippen molar-refractivity contribution in [2.75, 3.05) is 76.4 Å². The number of piperazine rings is 1. The van der Waals surface area contributed by atoms with Crippen molar-refractivity contribution in [1.29, 1.82) is 0 Å². The fourth-order valence-corrected chi connectivity index (χ4v) is 7.23. The first-order chi connectivity index (χ1) is 22.1. The molecule has 6 rings (SSSR count). The number of aromatic nitrogens is 2. The minimum absolute atomic E-state index is 0.0469. The average molecular weight is 648 g/mol. The summed E-state index contributed by atoms with van der Waals surface area (Å²) in [4.78, 5) is 34.1. The molecule has 3 aromatic rings. The molecule has 2 aromatic carbocycles. The number of halogens is 2. The minimum Gasteiger partial charge on any atom is -0.463 e. The maximum absolute atomic E-state index is 13.9. The molecule has 0 radical (unpaired) electrons. The fourth-order valence-electron chi connectivity index (χ4n) is 6.95. The number of hydrogen-bond acceptors (Lipinski definition) is 8. The third-order valence-electron chi connectivity index (χ3n) is 9.10. The summed E-state index contributed by atoms with van der Waals surface area (Å²) in [6.07, 6.45) is 0.665. The van der Waals surface area contributed by atoms with Crippen LogP contribution < -0.4 is 14.5 Å². The number of rotatable bonds is 9. The van der Waals surface area contributed by atoms with E-state index in [-0.39, 0.29) is 30.6 Å². The predicted octanol–water partition coefficient (Wildman–Crippen LogP) is 4.61. The Bertz CT molecular complexity index is 1690. The van der Waals surface area contributed by atoms with E-state index < -0.39 is 17.8 Å². The van der Waals surface area contributed by atoms with Gasteiger partial charge in [-0.25, -0.2) is 11.0 Å². The standard InChI is InChI=1S/C34H39ClFN7O3/c1-22-14-26-28(17-43(22)29-11-7-9-24-8-6-10-27(35)30(24)29)38-33(46-21-34(18-40(4)5)19-45-20-34)39-31(26)41-12-13-42(32(44)23(2)36)25(16-41)15-37-3/h6-11,22,25H,2,12-21H2,1,4-5H3/t22?,25-/m0/s1. The molecule has 10 nitrogen and oxygen atoms in total. The van der Waals surface area contributed by atoms with Crippen molar-refractivity contribution in [1.82, 2.24) is 19.8 Å². The molecule has 4 heterocycles. The monoisotopic (exact) mass is 647 g/mol. The number of anilines is 2. The van der Waals surface area contributed by atoms with E-state index >= 15 is 0 Å². The second-order valence-corrected chi connectivity index (χ2v) is 13.3. The SMILES string of the molecule is [C-]#[N+]C[C@H]1CN(c2nc(OCC3(CN(C)C)COC3)nc3c2CC(C)N(c2cccc4cccc(Cl)c24)C3)CCN1C(=O)C(=C)F. The molecule has 0 spiro atoms. The molecule has 0 N–H and O–H groups in total. The van der Waals surface area contributed by atoms with Gasteiger partial charge in [-0.1, -0.05) is 42.4 Å². The Labute approximate surface area is 274 Å². The highest BCUT2D eigenvalue weighted by atomic mass is 35.5. The number of amides is 1. The van der Waals surface area contributed by atoms with Gasteiger partial charge in [-0.15, -0.1) is 0 Å². The molecule has 0 bridgehead atoms. The van der Waals surface area contributed by atoms with Gasteiger partial charge in [0.05, 0.1) is 35.9 Å². The molecule has 46 heavy (non-hydrogen) atoms. The van der Waals surface area contributed by atoms with Gasteiger partial charge in [0, 0.05) is 48.9 Å². The van der Waals surface area contributed by atoms with E-state index in [0.29, 0.717) is 50.9 Å². The number of ether oxygens (including phenoxy) is 2. The lowest BCUT2D eigenvalue weighted by Crippen LogP contribution is -2.57. The second kappa shape index (κ2) is 13.0. The summed E-state index contributed by atoms with van der Waals surface area (Å²) in [5.74, 6) is -1.06. The molecule has 3 aliphatic heterocycles. The van der Waals surface area contributed by atoms with E-state index in [1.54, 1.807) is 0 Å². The van der Waals surface area contributed by atoms with Crippen LogP contribution in [0.25, 0.3) is 15.6 Å². The maximum atomic E-state index is 13.9. The zero-order valence-corrected chi connectivity index (χ0v) is 27.3. The van der Waals surface area contributed by atoms with Crippen LogP contribution in [-0.2, 0) is 22.5 Å². The quantitative estimate of drug-likeness (QED) is 0.246. The molecule has 1 unspecified atom stereocenters. The Morgan fingerprint density at radius 2 is 2.00 bits per heavy atom. The highest BCUT2D eigenvalue weighted by Gasteiger charge is 2.41. The first kappa shape index (κ1) is 32.0. The lowest BCUT2D eigenvalue weighted by molar-refractivity contribution is -0.140.